The average Bonchev–Trinajstić information content (AvgIpc) is 2.40. The summed E-state index contributed by atoms with van der Waals surface area (Å²) < 4.78 is 5.58. The van der Waals surface area contributed by atoms with Crippen LogP contribution in [-0.2, 0) is 6.42 Å². The molecule has 2 aromatic carbocycles. The molecular weight excluding hydrogens is 227 g/mol. The Morgan fingerprint density at radius 1 is 0.889 bits per heavy atom. The van der Waals surface area contributed by atoms with Gasteiger partial charge in [-0.05, 0) is 23.2 Å². The normalized spacial score (nSPS) is 10.1. The summed E-state index contributed by atoms with van der Waals surface area (Å²) in [4.78, 5) is 0. The molecule has 0 fully saturated rings. The SMILES string of the molecule is OB(O)c1ccc(OCCc2ccccc2)cc1. The van der Waals surface area contributed by atoms with E-state index in [-0.39, 0.29) is 0 Å². The van der Waals surface area contributed by atoms with Crippen molar-refractivity contribution in [3.05, 3.63) is 60.2 Å². The summed E-state index contributed by atoms with van der Waals surface area (Å²) >= 11 is 0. The molecular formula is C14H15BO3. The molecule has 3 nitrogen and oxygen atoms in total. The highest BCUT2D eigenvalue weighted by Crippen LogP contribution is 2.08. The Bertz CT molecular complexity index is 468. The van der Waals surface area contributed by atoms with Crippen LogP contribution in [0.3, 0.4) is 0 Å². The van der Waals surface area contributed by atoms with E-state index in [4.69, 9.17) is 14.8 Å². The van der Waals surface area contributed by atoms with E-state index in [1.165, 1.54) is 5.56 Å². The topological polar surface area (TPSA) is 49.7 Å². The standard InChI is InChI=1S/C14H15BO3/c16-15(17)13-6-8-14(9-7-13)18-11-10-12-4-2-1-3-5-12/h1-9,16-17H,10-11H2. The minimum Gasteiger partial charge on any atom is -0.493 e. The number of rotatable bonds is 5. The third kappa shape index (κ3) is 3.62. The van der Waals surface area contributed by atoms with Crippen molar-refractivity contribution in [1.82, 2.24) is 0 Å². The van der Waals surface area contributed by atoms with Crippen molar-refractivity contribution in [2.45, 2.75) is 6.42 Å². The van der Waals surface area contributed by atoms with Crippen LogP contribution in [-0.4, -0.2) is 23.8 Å². The quantitative estimate of drug-likeness (QED) is 0.768. The molecule has 0 bridgehead atoms. The summed E-state index contributed by atoms with van der Waals surface area (Å²) in [5.41, 5.74) is 1.70. The maximum absolute atomic E-state index is 8.95. The second-order valence-electron chi connectivity index (χ2n) is 4.03. The first-order chi connectivity index (χ1) is 8.75. The largest absolute Gasteiger partial charge is 0.493 e. The van der Waals surface area contributed by atoms with Crippen LogP contribution in [0.25, 0.3) is 0 Å². The average molecular weight is 242 g/mol. The lowest BCUT2D eigenvalue weighted by molar-refractivity contribution is 0.322. The highest BCUT2D eigenvalue weighted by atomic mass is 16.5. The molecule has 4 heteroatoms. The van der Waals surface area contributed by atoms with Gasteiger partial charge in [0.15, 0.2) is 0 Å². The van der Waals surface area contributed by atoms with E-state index in [0.717, 1.165) is 12.2 Å². The molecule has 0 heterocycles. The maximum Gasteiger partial charge on any atom is 0.488 e. The first-order valence-corrected chi connectivity index (χ1v) is 5.88. The molecule has 18 heavy (non-hydrogen) atoms. The van der Waals surface area contributed by atoms with Crippen molar-refractivity contribution in [2.75, 3.05) is 6.61 Å². The third-order valence-electron chi connectivity index (χ3n) is 2.68. The van der Waals surface area contributed by atoms with Gasteiger partial charge in [-0.15, -0.1) is 0 Å². The zero-order chi connectivity index (χ0) is 12.8. The van der Waals surface area contributed by atoms with E-state index >= 15 is 0 Å². The zero-order valence-electron chi connectivity index (χ0n) is 9.99. The van der Waals surface area contributed by atoms with Crippen LogP contribution in [0.2, 0.25) is 0 Å². The first kappa shape index (κ1) is 12.7. The molecule has 0 aliphatic carbocycles. The Labute approximate surface area is 107 Å². The number of ether oxygens (including phenoxy) is 1. The molecule has 0 aliphatic heterocycles. The fourth-order valence-corrected chi connectivity index (χ4v) is 1.67. The van der Waals surface area contributed by atoms with Gasteiger partial charge in [0.1, 0.15) is 5.75 Å². The summed E-state index contributed by atoms with van der Waals surface area (Å²) in [6, 6.07) is 16.9. The predicted molar refractivity (Wildman–Crippen MR) is 71.9 cm³/mol. The van der Waals surface area contributed by atoms with Crippen molar-refractivity contribution in [3.8, 4) is 5.75 Å². The van der Waals surface area contributed by atoms with Crippen molar-refractivity contribution < 1.29 is 14.8 Å². The van der Waals surface area contributed by atoms with Gasteiger partial charge in [-0.3, -0.25) is 0 Å². The Morgan fingerprint density at radius 3 is 2.17 bits per heavy atom. The molecule has 0 saturated carbocycles. The molecule has 92 valence electrons. The number of benzene rings is 2. The van der Waals surface area contributed by atoms with Crippen LogP contribution < -0.4 is 10.2 Å². The van der Waals surface area contributed by atoms with Crippen molar-refractivity contribution in [2.24, 2.45) is 0 Å². The van der Waals surface area contributed by atoms with Gasteiger partial charge in [-0.1, -0.05) is 42.5 Å². The molecule has 0 unspecified atom stereocenters. The Hall–Kier alpha value is -1.78. The Balaban J connectivity index is 1.83. The molecule has 0 radical (unpaired) electrons. The van der Waals surface area contributed by atoms with Crippen LogP contribution in [0, 0.1) is 0 Å². The van der Waals surface area contributed by atoms with Gasteiger partial charge >= 0.3 is 7.12 Å². The molecule has 0 atom stereocenters. The maximum atomic E-state index is 8.95. The monoisotopic (exact) mass is 242 g/mol. The minimum atomic E-state index is -1.43. The Morgan fingerprint density at radius 2 is 1.56 bits per heavy atom. The highest BCUT2D eigenvalue weighted by Gasteiger charge is 2.09. The van der Waals surface area contributed by atoms with E-state index in [0.29, 0.717) is 12.1 Å². The minimum absolute atomic E-state index is 0.463. The summed E-state index contributed by atoms with van der Waals surface area (Å²) in [6.45, 7) is 0.602. The second kappa shape index (κ2) is 6.24. The summed E-state index contributed by atoms with van der Waals surface area (Å²) in [5.74, 6) is 0.732. The van der Waals surface area contributed by atoms with Crippen LogP contribution in [0.1, 0.15) is 5.56 Å². The molecule has 0 aliphatic rings. The summed E-state index contributed by atoms with van der Waals surface area (Å²) in [6.07, 6.45) is 0.852. The molecule has 2 aromatic rings. The third-order valence-corrected chi connectivity index (χ3v) is 2.68. The molecule has 0 spiro atoms. The van der Waals surface area contributed by atoms with E-state index < -0.39 is 7.12 Å². The molecule has 2 N–H and O–H groups in total. The molecule has 0 amide bonds. The van der Waals surface area contributed by atoms with Crippen LogP contribution in [0.5, 0.6) is 5.75 Å². The predicted octanol–water partition coefficient (Wildman–Crippen LogP) is 0.988. The lowest BCUT2D eigenvalue weighted by Crippen LogP contribution is -2.29. The fourth-order valence-electron chi connectivity index (χ4n) is 1.67. The zero-order valence-corrected chi connectivity index (χ0v) is 9.99. The van der Waals surface area contributed by atoms with Crippen LogP contribution in [0.4, 0.5) is 0 Å². The van der Waals surface area contributed by atoms with Crippen molar-refractivity contribution >= 4 is 12.6 Å². The molecule has 0 saturated heterocycles. The van der Waals surface area contributed by atoms with Gasteiger partial charge in [-0.25, -0.2) is 0 Å². The van der Waals surface area contributed by atoms with E-state index in [1.54, 1.807) is 24.3 Å². The van der Waals surface area contributed by atoms with Gasteiger partial charge in [0.05, 0.1) is 6.61 Å². The van der Waals surface area contributed by atoms with Crippen molar-refractivity contribution in [1.29, 1.82) is 0 Å². The van der Waals surface area contributed by atoms with Gasteiger partial charge in [0, 0.05) is 6.42 Å². The highest BCUT2D eigenvalue weighted by molar-refractivity contribution is 6.58. The lowest BCUT2D eigenvalue weighted by Gasteiger charge is -2.07. The van der Waals surface area contributed by atoms with Gasteiger partial charge in [-0.2, -0.15) is 0 Å². The smallest absolute Gasteiger partial charge is 0.488 e. The summed E-state index contributed by atoms with van der Waals surface area (Å²) in [5, 5.41) is 17.9. The molecule has 0 aromatic heterocycles. The van der Waals surface area contributed by atoms with Gasteiger partial charge in [0.2, 0.25) is 0 Å². The van der Waals surface area contributed by atoms with Gasteiger partial charge < -0.3 is 14.8 Å². The molecule has 2 rings (SSSR count). The van der Waals surface area contributed by atoms with Gasteiger partial charge in [0.25, 0.3) is 0 Å². The second-order valence-corrected chi connectivity index (χ2v) is 4.03. The fraction of sp³-hybridized carbons (Fsp3) is 0.143. The number of hydrogen-bond donors (Lipinski definition) is 2. The van der Waals surface area contributed by atoms with Crippen molar-refractivity contribution in [3.63, 3.8) is 0 Å². The van der Waals surface area contributed by atoms with E-state index in [1.807, 2.05) is 18.2 Å². The van der Waals surface area contributed by atoms with E-state index in [2.05, 4.69) is 12.1 Å². The van der Waals surface area contributed by atoms with Crippen LogP contribution in [0.15, 0.2) is 54.6 Å². The van der Waals surface area contributed by atoms with Crippen LogP contribution >= 0.6 is 0 Å². The first-order valence-electron chi connectivity index (χ1n) is 5.88. The lowest BCUT2D eigenvalue weighted by atomic mass is 9.80. The van der Waals surface area contributed by atoms with E-state index in [9.17, 15) is 0 Å². The summed E-state index contributed by atoms with van der Waals surface area (Å²) in [7, 11) is -1.43. The number of hydrogen-bond acceptors (Lipinski definition) is 3. The Kier molecular flexibility index (Phi) is 4.39.